The summed E-state index contributed by atoms with van der Waals surface area (Å²) < 4.78 is 16.3. The van der Waals surface area contributed by atoms with Gasteiger partial charge in [-0.2, -0.15) is 0 Å². The maximum absolute atomic E-state index is 13.4. The maximum atomic E-state index is 13.4. The third-order valence-corrected chi connectivity index (χ3v) is 4.97. The van der Waals surface area contributed by atoms with Gasteiger partial charge in [0, 0.05) is 11.8 Å². The highest BCUT2D eigenvalue weighted by atomic mass is 16.7. The highest BCUT2D eigenvalue weighted by molar-refractivity contribution is 6.12. The summed E-state index contributed by atoms with van der Waals surface area (Å²) in [5, 5.41) is 3.49. The normalized spacial score (nSPS) is 17.1. The minimum absolute atomic E-state index is 0.0824. The lowest BCUT2D eigenvalue weighted by Gasteiger charge is -2.38. The van der Waals surface area contributed by atoms with E-state index in [0.29, 0.717) is 17.1 Å². The third-order valence-electron chi connectivity index (χ3n) is 4.97. The SMILES string of the molecule is COc1cccc(C2Nc3ccccc3C(=O)N2c2ccc3c(c2)OCO3)c1. The lowest BCUT2D eigenvalue weighted by atomic mass is 10.0. The predicted molar refractivity (Wildman–Crippen MR) is 105 cm³/mol. The molecule has 2 heterocycles. The lowest BCUT2D eigenvalue weighted by Crippen LogP contribution is -2.43. The topological polar surface area (TPSA) is 60.0 Å². The number of hydrogen-bond acceptors (Lipinski definition) is 5. The number of nitrogens with zero attached hydrogens (tertiary/aromatic N) is 1. The van der Waals surface area contributed by atoms with Crippen molar-refractivity contribution in [2.24, 2.45) is 0 Å². The Morgan fingerprint density at radius 2 is 1.86 bits per heavy atom. The fourth-order valence-electron chi connectivity index (χ4n) is 3.60. The molecule has 1 amide bonds. The number of methoxy groups -OCH3 is 1. The van der Waals surface area contributed by atoms with Crippen LogP contribution in [-0.4, -0.2) is 19.8 Å². The molecule has 140 valence electrons. The summed E-state index contributed by atoms with van der Waals surface area (Å²) in [5.41, 5.74) is 3.07. The van der Waals surface area contributed by atoms with Gasteiger partial charge in [0.05, 0.1) is 18.4 Å². The van der Waals surface area contributed by atoms with Crippen molar-refractivity contribution in [1.29, 1.82) is 0 Å². The molecule has 1 atom stereocenters. The van der Waals surface area contributed by atoms with Crippen molar-refractivity contribution < 1.29 is 19.0 Å². The van der Waals surface area contributed by atoms with Gasteiger partial charge in [-0.1, -0.05) is 24.3 Å². The van der Waals surface area contributed by atoms with Crippen LogP contribution in [0.25, 0.3) is 0 Å². The van der Waals surface area contributed by atoms with Crippen molar-refractivity contribution in [1.82, 2.24) is 0 Å². The minimum atomic E-state index is -0.391. The molecule has 2 aliphatic heterocycles. The van der Waals surface area contributed by atoms with E-state index < -0.39 is 6.17 Å². The third kappa shape index (κ3) is 2.62. The Morgan fingerprint density at radius 1 is 1.00 bits per heavy atom. The number of anilines is 2. The van der Waals surface area contributed by atoms with Crippen LogP contribution in [0.1, 0.15) is 22.1 Å². The van der Waals surface area contributed by atoms with Crippen LogP contribution in [0.15, 0.2) is 66.7 Å². The first-order valence-electron chi connectivity index (χ1n) is 8.97. The molecule has 1 N–H and O–H groups in total. The molecule has 0 saturated heterocycles. The Kier molecular flexibility index (Phi) is 3.83. The van der Waals surface area contributed by atoms with Gasteiger partial charge in [-0.3, -0.25) is 9.69 Å². The molecule has 3 aromatic rings. The summed E-state index contributed by atoms with van der Waals surface area (Å²) in [5.74, 6) is 1.96. The van der Waals surface area contributed by atoms with Crippen LogP contribution in [-0.2, 0) is 0 Å². The van der Waals surface area contributed by atoms with Gasteiger partial charge < -0.3 is 19.5 Å². The smallest absolute Gasteiger partial charge is 0.262 e. The second-order valence-corrected chi connectivity index (χ2v) is 6.58. The summed E-state index contributed by atoms with van der Waals surface area (Å²) >= 11 is 0. The summed E-state index contributed by atoms with van der Waals surface area (Å²) in [6.07, 6.45) is -0.391. The number of carbonyl (C=O) groups excluding carboxylic acids is 1. The van der Waals surface area contributed by atoms with Gasteiger partial charge in [0.15, 0.2) is 11.5 Å². The number of rotatable bonds is 3. The van der Waals surface area contributed by atoms with Gasteiger partial charge in [-0.05, 0) is 42.0 Å². The number of para-hydroxylation sites is 1. The summed E-state index contributed by atoms with van der Waals surface area (Å²) in [7, 11) is 1.63. The predicted octanol–water partition coefficient (Wildman–Crippen LogP) is 4.20. The Balaban J connectivity index is 1.65. The molecule has 0 fully saturated rings. The number of benzene rings is 3. The zero-order chi connectivity index (χ0) is 19.1. The summed E-state index contributed by atoms with van der Waals surface area (Å²) in [4.78, 5) is 15.2. The van der Waals surface area contributed by atoms with Crippen molar-refractivity contribution in [3.05, 3.63) is 77.9 Å². The number of fused-ring (bicyclic) bond motifs is 2. The van der Waals surface area contributed by atoms with E-state index in [0.717, 1.165) is 22.7 Å². The van der Waals surface area contributed by atoms with Crippen molar-refractivity contribution in [3.63, 3.8) is 0 Å². The average molecular weight is 374 g/mol. The number of carbonyl (C=O) groups is 1. The zero-order valence-corrected chi connectivity index (χ0v) is 15.2. The molecule has 0 aromatic heterocycles. The maximum Gasteiger partial charge on any atom is 0.262 e. The minimum Gasteiger partial charge on any atom is -0.497 e. The van der Waals surface area contributed by atoms with E-state index in [9.17, 15) is 4.79 Å². The first-order chi connectivity index (χ1) is 13.7. The second kappa shape index (κ2) is 6.49. The number of amides is 1. The van der Waals surface area contributed by atoms with Crippen molar-refractivity contribution in [2.45, 2.75) is 6.17 Å². The van der Waals surface area contributed by atoms with Crippen LogP contribution in [0.4, 0.5) is 11.4 Å². The first-order valence-corrected chi connectivity index (χ1v) is 8.97. The molecule has 0 radical (unpaired) electrons. The molecule has 6 heteroatoms. The van der Waals surface area contributed by atoms with Gasteiger partial charge in [0.1, 0.15) is 11.9 Å². The Hall–Kier alpha value is -3.67. The van der Waals surface area contributed by atoms with Gasteiger partial charge >= 0.3 is 0 Å². The monoisotopic (exact) mass is 374 g/mol. The van der Waals surface area contributed by atoms with Crippen molar-refractivity contribution >= 4 is 17.3 Å². The van der Waals surface area contributed by atoms with Gasteiger partial charge in [-0.15, -0.1) is 0 Å². The van der Waals surface area contributed by atoms with Crippen LogP contribution >= 0.6 is 0 Å². The number of nitrogens with one attached hydrogen (secondary N) is 1. The van der Waals surface area contributed by atoms with Gasteiger partial charge in [-0.25, -0.2) is 0 Å². The van der Waals surface area contributed by atoms with E-state index in [1.54, 1.807) is 12.0 Å². The van der Waals surface area contributed by atoms with Crippen molar-refractivity contribution in [2.75, 3.05) is 24.1 Å². The van der Waals surface area contributed by atoms with E-state index in [2.05, 4.69) is 5.32 Å². The largest absolute Gasteiger partial charge is 0.497 e. The lowest BCUT2D eigenvalue weighted by molar-refractivity contribution is 0.0975. The highest BCUT2D eigenvalue weighted by Crippen LogP contribution is 2.41. The van der Waals surface area contributed by atoms with Crippen LogP contribution in [0, 0.1) is 0 Å². The average Bonchev–Trinajstić information content (AvgIpc) is 3.21. The van der Waals surface area contributed by atoms with E-state index in [1.807, 2.05) is 66.7 Å². The Labute approximate surface area is 162 Å². The van der Waals surface area contributed by atoms with Crippen molar-refractivity contribution in [3.8, 4) is 17.2 Å². The molecule has 3 aromatic carbocycles. The summed E-state index contributed by atoms with van der Waals surface area (Å²) in [6.45, 7) is 0.188. The number of ether oxygens (including phenoxy) is 3. The fraction of sp³-hybridized carbons (Fsp3) is 0.136. The first kappa shape index (κ1) is 16.5. The van der Waals surface area contributed by atoms with E-state index in [-0.39, 0.29) is 12.7 Å². The van der Waals surface area contributed by atoms with Crippen LogP contribution < -0.4 is 24.4 Å². The van der Waals surface area contributed by atoms with Crippen LogP contribution in [0.5, 0.6) is 17.2 Å². The Morgan fingerprint density at radius 3 is 2.75 bits per heavy atom. The van der Waals surface area contributed by atoms with E-state index in [4.69, 9.17) is 14.2 Å². The molecular weight excluding hydrogens is 356 g/mol. The van der Waals surface area contributed by atoms with Gasteiger partial charge in [0.25, 0.3) is 5.91 Å². The molecule has 1 unspecified atom stereocenters. The zero-order valence-electron chi connectivity index (χ0n) is 15.2. The van der Waals surface area contributed by atoms with E-state index in [1.165, 1.54) is 0 Å². The molecule has 0 bridgehead atoms. The molecule has 0 saturated carbocycles. The van der Waals surface area contributed by atoms with E-state index >= 15 is 0 Å². The molecular formula is C22H18N2O4. The summed E-state index contributed by atoms with van der Waals surface area (Å²) in [6, 6.07) is 20.8. The molecule has 2 aliphatic rings. The standard InChI is InChI=1S/C22H18N2O4/c1-26-16-6-4-5-14(11-16)21-23-18-8-3-2-7-17(18)22(25)24(21)15-9-10-19-20(12-15)28-13-27-19/h2-12,21,23H,13H2,1H3. The second-order valence-electron chi connectivity index (χ2n) is 6.58. The molecule has 28 heavy (non-hydrogen) atoms. The highest BCUT2D eigenvalue weighted by Gasteiger charge is 2.35. The molecule has 6 nitrogen and oxygen atoms in total. The molecule has 0 spiro atoms. The van der Waals surface area contributed by atoms with Crippen LogP contribution in [0.3, 0.4) is 0 Å². The Bertz CT molecular complexity index is 1070. The number of hydrogen-bond donors (Lipinski definition) is 1. The molecule has 5 rings (SSSR count). The molecule has 0 aliphatic carbocycles. The fourth-order valence-corrected chi connectivity index (χ4v) is 3.60. The van der Waals surface area contributed by atoms with Crippen LogP contribution in [0.2, 0.25) is 0 Å². The quantitative estimate of drug-likeness (QED) is 0.745. The van der Waals surface area contributed by atoms with Gasteiger partial charge in [0.2, 0.25) is 6.79 Å².